The minimum atomic E-state index is 0.0971. The first-order chi connectivity index (χ1) is 7.57. The van der Waals surface area contributed by atoms with E-state index in [0.29, 0.717) is 5.78 Å². The Hall–Kier alpha value is -1.11. The van der Waals surface area contributed by atoms with Crippen molar-refractivity contribution in [2.45, 2.75) is 52.9 Å². The van der Waals surface area contributed by atoms with E-state index in [-0.39, 0.29) is 5.92 Å². The monoisotopic (exact) mass is 218 g/mol. The largest absolute Gasteiger partial charge is 0.299 e. The lowest BCUT2D eigenvalue weighted by atomic mass is 9.86. The maximum absolute atomic E-state index is 11.7. The SMILES string of the molecule is CCCCC(C(C)=O)c1cccc(C)c1C. The summed E-state index contributed by atoms with van der Waals surface area (Å²) in [4.78, 5) is 11.7. The fraction of sp³-hybridized carbons (Fsp3) is 0.533. The van der Waals surface area contributed by atoms with Gasteiger partial charge < -0.3 is 0 Å². The van der Waals surface area contributed by atoms with Gasteiger partial charge in [0.2, 0.25) is 0 Å². The molecule has 1 atom stereocenters. The van der Waals surface area contributed by atoms with Crippen LogP contribution in [0.15, 0.2) is 18.2 Å². The summed E-state index contributed by atoms with van der Waals surface area (Å²) in [5.41, 5.74) is 3.78. The number of unbranched alkanes of at least 4 members (excludes halogenated alkanes) is 1. The number of rotatable bonds is 5. The second-order valence-corrected chi connectivity index (χ2v) is 4.59. The normalized spacial score (nSPS) is 12.5. The molecular weight excluding hydrogens is 196 g/mol. The average molecular weight is 218 g/mol. The number of carbonyl (C=O) groups is 1. The second-order valence-electron chi connectivity index (χ2n) is 4.59. The predicted octanol–water partition coefficient (Wildman–Crippen LogP) is 4.17. The Bertz CT molecular complexity index is 366. The van der Waals surface area contributed by atoms with Crippen LogP contribution in [-0.2, 0) is 4.79 Å². The second kappa shape index (κ2) is 5.83. The molecule has 0 radical (unpaired) electrons. The molecular formula is C15H22O. The van der Waals surface area contributed by atoms with Crippen molar-refractivity contribution in [2.75, 3.05) is 0 Å². The molecule has 1 unspecified atom stereocenters. The zero-order chi connectivity index (χ0) is 12.1. The first-order valence-electron chi connectivity index (χ1n) is 6.14. The summed E-state index contributed by atoms with van der Waals surface area (Å²) in [5.74, 6) is 0.391. The highest BCUT2D eigenvalue weighted by molar-refractivity contribution is 5.83. The molecule has 0 saturated carbocycles. The number of benzene rings is 1. The molecule has 88 valence electrons. The summed E-state index contributed by atoms with van der Waals surface area (Å²) in [5, 5.41) is 0. The van der Waals surface area contributed by atoms with Gasteiger partial charge in [-0.3, -0.25) is 4.79 Å². The van der Waals surface area contributed by atoms with E-state index in [1.54, 1.807) is 6.92 Å². The molecule has 1 nitrogen and oxygen atoms in total. The summed E-state index contributed by atoms with van der Waals surface area (Å²) < 4.78 is 0. The van der Waals surface area contributed by atoms with Crippen LogP contribution in [0.2, 0.25) is 0 Å². The van der Waals surface area contributed by atoms with Gasteiger partial charge in [0.15, 0.2) is 0 Å². The van der Waals surface area contributed by atoms with E-state index in [9.17, 15) is 4.79 Å². The Labute approximate surface area is 98.9 Å². The number of Topliss-reactive ketones (excluding diaryl/α,β-unsaturated/α-hetero) is 1. The van der Waals surface area contributed by atoms with E-state index in [0.717, 1.165) is 19.3 Å². The number of aryl methyl sites for hydroxylation is 1. The lowest BCUT2D eigenvalue weighted by Crippen LogP contribution is -2.11. The Balaban J connectivity index is 3.01. The lowest BCUT2D eigenvalue weighted by Gasteiger charge is -2.17. The van der Waals surface area contributed by atoms with Crippen LogP contribution in [0.1, 0.15) is 55.7 Å². The van der Waals surface area contributed by atoms with Crippen LogP contribution in [-0.4, -0.2) is 5.78 Å². The predicted molar refractivity (Wildman–Crippen MR) is 68.9 cm³/mol. The highest BCUT2D eigenvalue weighted by Crippen LogP contribution is 2.27. The first-order valence-corrected chi connectivity index (χ1v) is 6.14. The van der Waals surface area contributed by atoms with E-state index in [2.05, 4.69) is 39.0 Å². The molecule has 0 amide bonds. The van der Waals surface area contributed by atoms with Gasteiger partial charge in [-0.25, -0.2) is 0 Å². The number of ketones is 1. The van der Waals surface area contributed by atoms with E-state index in [1.807, 2.05) is 0 Å². The molecule has 1 rings (SSSR count). The van der Waals surface area contributed by atoms with Crippen molar-refractivity contribution in [2.24, 2.45) is 0 Å². The summed E-state index contributed by atoms with van der Waals surface area (Å²) in [6.07, 6.45) is 3.25. The van der Waals surface area contributed by atoms with Crippen molar-refractivity contribution in [3.63, 3.8) is 0 Å². The Morgan fingerprint density at radius 3 is 2.56 bits per heavy atom. The molecule has 0 spiro atoms. The van der Waals surface area contributed by atoms with Gasteiger partial charge in [-0.05, 0) is 43.9 Å². The molecule has 1 aromatic rings. The van der Waals surface area contributed by atoms with Crippen LogP contribution < -0.4 is 0 Å². The molecule has 0 aliphatic rings. The van der Waals surface area contributed by atoms with Crippen LogP contribution in [0.5, 0.6) is 0 Å². The number of hydrogen-bond donors (Lipinski definition) is 0. The Morgan fingerprint density at radius 1 is 1.31 bits per heavy atom. The molecule has 0 bridgehead atoms. The number of carbonyl (C=O) groups excluding carboxylic acids is 1. The molecule has 0 saturated heterocycles. The van der Waals surface area contributed by atoms with Gasteiger partial charge in [0, 0.05) is 5.92 Å². The molecule has 0 heterocycles. The third-order valence-electron chi connectivity index (χ3n) is 3.36. The van der Waals surface area contributed by atoms with Crippen molar-refractivity contribution in [3.05, 3.63) is 34.9 Å². The minimum absolute atomic E-state index is 0.0971. The lowest BCUT2D eigenvalue weighted by molar-refractivity contribution is -0.118. The van der Waals surface area contributed by atoms with Crippen molar-refractivity contribution < 1.29 is 4.79 Å². The molecule has 0 aliphatic heterocycles. The fourth-order valence-electron chi connectivity index (χ4n) is 2.14. The zero-order valence-corrected chi connectivity index (χ0v) is 10.8. The van der Waals surface area contributed by atoms with Crippen LogP contribution in [0.3, 0.4) is 0 Å². The fourth-order valence-corrected chi connectivity index (χ4v) is 2.14. The van der Waals surface area contributed by atoms with Crippen molar-refractivity contribution in [1.29, 1.82) is 0 Å². The smallest absolute Gasteiger partial charge is 0.137 e. The van der Waals surface area contributed by atoms with E-state index >= 15 is 0 Å². The van der Waals surface area contributed by atoms with Crippen molar-refractivity contribution in [3.8, 4) is 0 Å². The van der Waals surface area contributed by atoms with Crippen LogP contribution in [0.25, 0.3) is 0 Å². The third-order valence-corrected chi connectivity index (χ3v) is 3.36. The maximum Gasteiger partial charge on any atom is 0.137 e. The molecule has 0 fully saturated rings. The van der Waals surface area contributed by atoms with Gasteiger partial charge in [0.1, 0.15) is 5.78 Å². The van der Waals surface area contributed by atoms with Crippen LogP contribution >= 0.6 is 0 Å². The summed E-state index contributed by atoms with van der Waals surface area (Å²) >= 11 is 0. The Kier molecular flexibility index (Phi) is 4.72. The topological polar surface area (TPSA) is 17.1 Å². The van der Waals surface area contributed by atoms with Gasteiger partial charge in [-0.1, -0.05) is 38.0 Å². The molecule has 0 N–H and O–H groups in total. The van der Waals surface area contributed by atoms with Crippen LogP contribution in [0, 0.1) is 13.8 Å². The summed E-state index contributed by atoms with van der Waals surface area (Å²) in [7, 11) is 0. The summed E-state index contributed by atoms with van der Waals surface area (Å²) in [6.45, 7) is 8.10. The molecule has 1 heteroatoms. The molecule has 0 aliphatic carbocycles. The van der Waals surface area contributed by atoms with Gasteiger partial charge in [0.05, 0.1) is 0 Å². The van der Waals surface area contributed by atoms with Crippen molar-refractivity contribution in [1.82, 2.24) is 0 Å². The van der Waals surface area contributed by atoms with E-state index in [1.165, 1.54) is 16.7 Å². The van der Waals surface area contributed by atoms with Crippen LogP contribution in [0.4, 0.5) is 0 Å². The zero-order valence-electron chi connectivity index (χ0n) is 10.8. The molecule has 0 aromatic heterocycles. The van der Waals surface area contributed by atoms with E-state index < -0.39 is 0 Å². The molecule has 16 heavy (non-hydrogen) atoms. The minimum Gasteiger partial charge on any atom is -0.299 e. The standard InChI is InChI=1S/C15H22O/c1-5-6-9-15(13(4)16)14-10-7-8-11(2)12(14)3/h7-8,10,15H,5-6,9H2,1-4H3. The highest BCUT2D eigenvalue weighted by atomic mass is 16.1. The van der Waals surface area contributed by atoms with Crippen molar-refractivity contribution >= 4 is 5.78 Å². The van der Waals surface area contributed by atoms with Gasteiger partial charge in [-0.2, -0.15) is 0 Å². The first kappa shape index (κ1) is 13.0. The molecule has 1 aromatic carbocycles. The van der Waals surface area contributed by atoms with E-state index in [4.69, 9.17) is 0 Å². The third kappa shape index (κ3) is 2.94. The maximum atomic E-state index is 11.7. The highest BCUT2D eigenvalue weighted by Gasteiger charge is 2.18. The quantitative estimate of drug-likeness (QED) is 0.725. The number of hydrogen-bond acceptors (Lipinski definition) is 1. The van der Waals surface area contributed by atoms with Gasteiger partial charge in [0.25, 0.3) is 0 Å². The Morgan fingerprint density at radius 2 is 2.00 bits per heavy atom. The van der Waals surface area contributed by atoms with Gasteiger partial charge in [-0.15, -0.1) is 0 Å². The summed E-state index contributed by atoms with van der Waals surface area (Å²) in [6, 6.07) is 6.26. The van der Waals surface area contributed by atoms with Gasteiger partial charge >= 0.3 is 0 Å². The average Bonchev–Trinajstić information content (AvgIpc) is 2.24.